The second kappa shape index (κ2) is 6.37. The van der Waals surface area contributed by atoms with Crippen LogP contribution in [0, 0.1) is 0 Å². The summed E-state index contributed by atoms with van der Waals surface area (Å²) >= 11 is 0. The number of nitrogens with two attached hydrogens (primary N) is 1. The van der Waals surface area contributed by atoms with Crippen molar-refractivity contribution in [3.63, 3.8) is 0 Å². The quantitative estimate of drug-likeness (QED) is 0.779. The maximum Gasteiger partial charge on any atom is 0.0956 e. The Morgan fingerprint density at radius 2 is 1.48 bits per heavy atom. The number of imidazole rings is 1. The summed E-state index contributed by atoms with van der Waals surface area (Å²) in [7, 11) is 0. The number of aromatic nitrogens is 2. The van der Waals surface area contributed by atoms with Crippen LogP contribution in [-0.2, 0) is 6.42 Å². The molecule has 0 saturated heterocycles. The summed E-state index contributed by atoms with van der Waals surface area (Å²) in [5.41, 5.74) is 9.39. The van der Waals surface area contributed by atoms with E-state index in [1.807, 2.05) is 24.7 Å². The molecule has 3 heteroatoms. The molecular weight excluding hydrogens is 258 g/mol. The van der Waals surface area contributed by atoms with Crippen LogP contribution in [0.3, 0.4) is 0 Å². The van der Waals surface area contributed by atoms with Crippen LogP contribution < -0.4 is 5.73 Å². The predicted molar refractivity (Wildman–Crippen MR) is 85.1 cm³/mol. The highest BCUT2D eigenvalue weighted by molar-refractivity contribution is 5.33. The Morgan fingerprint density at radius 1 is 0.905 bits per heavy atom. The van der Waals surface area contributed by atoms with E-state index in [0.29, 0.717) is 6.54 Å². The highest BCUT2D eigenvalue weighted by atomic mass is 15.1. The minimum absolute atomic E-state index is 0.136. The topological polar surface area (TPSA) is 43.8 Å². The van der Waals surface area contributed by atoms with Crippen LogP contribution in [0.15, 0.2) is 73.2 Å². The minimum Gasteiger partial charge on any atom is -0.330 e. The van der Waals surface area contributed by atoms with Gasteiger partial charge in [-0.1, -0.05) is 60.7 Å². The zero-order valence-corrected chi connectivity index (χ0v) is 11.9. The van der Waals surface area contributed by atoms with E-state index in [-0.39, 0.29) is 6.04 Å². The lowest BCUT2D eigenvalue weighted by Crippen LogP contribution is -2.16. The van der Waals surface area contributed by atoms with Crippen LogP contribution in [-0.4, -0.2) is 16.1 Å². The smallest absolute Gasteiger partial charge is 0.0956 e. The average Bonchev–Trinajstić information content (AvgIpc) is 2.98. The number of rotatable bonds is 5. The third-order valence-corrected chi connectivity index (χ3v) is 3.66. The Morgan fingerprint density at radius 3 is 2.00 bits per heavy atom. The van der Waals surface area contributed by atoms with Gasteiger partial charge in [-0.2, -0.15) is 0 Å². The van der Waals surface area contributed by atoms with Crippen LogP contribution in [0.25, 0.3) is 0 Å². The lowest BCUT2D eigenvalue weighted by Gasteiger charge is -2.22. The number of nitrogens with zero attached hydrogens (tertiary/aromatic N) is 2. The first-order valence-electron chi connectivity index (χ1n) is 7.21. The molecule has 0 bridgehead atoms. The zero-order chi connectivity index (χ0) is 14.5. The molecule has 2 N–H and O–H groups in total. The Balaban J connectivity index is 2.11. The van der Waals surface area contributed by atoms with Crippen LogP contribution >= 0.6 is 0 Å². The summed E-state index contributed by atoms with van der Waals surface area (Å²) in [5.74, 6) is 0. The Kier molecular flexibility index (Phi) is 4.12. The van der Waals surface area contributed by atoms with Crippen molar-refractivity contribution in [2.24, 2.45) is 5.73 Å². The van der Waals surface area contributed by atoms with Crippen molar-refractivity contribution in [2.75, 3.05) is 6.54 Å². The maximum atomic E-state index is 5.73. The van der Waals surface area contributed by atoms with Crippen molar-refractivity contribution < 1.29 is 0 Å². The maximum absolute atomic E-state index is 5.73. The van der Waals surface area contributed by atoms with Crippen molar-refractivity contribution >= 4 is 0 Å². The van der Waals surface area contributed by atoms with Gasteiger partial charge in [0.25, 0.3) is 0 Å². The second-order valence-corrected chi connectivity index (χ2v) is 5.05. The van der Waals surface area contributed by atoms with E-state index in [0.717, 1.165) is 12.1 Å². The van der Waals surface area contributed by atoms with Crippen molar-refractivity contribution in [1.29, 1.82) is 0 Å². The van der Waals surface area contributed by atoms with Crippen molar-refractivity contribution in [3.05, 3.63) is 90.0 Å². The van der Waals surface area contributed by atoms with E-state index < -0.39 is 0 Å². The third kappa shape index (κ3) is 2.88. The summed E-state index contributed by atoms with van der Waals surface area (Å²) in [6.45, 7) is 0.627. The standard InChI is InChI=1S/C18H19N3/c19-12-11-17-13-20-14-21(17)18(15-7-3-1-4-8-15)16-9-5-2-6-10-16/h1-10,13-14,18H,11-12,19H2. The van der Waals surface area contributed by atoms with Gasteiger partial charge in [-0.15, -0.1) is 0 Å². The first-order chi connectivity index (χ1) is 10.4. The van der Waals surface area contributed by atoms with E-state index in [2.05, 4.69) is 58.1 Å². The van der Waals surface area contributed by atoms with Gasteiger partial charge in [0, 0.05) is 18.3 Å². The molecule has 0 spiro atoms. The van der Waals surface area contributed by atoms with Gasteiger partial charge in [0.15, 0.2) is 0 Å². The fourth-order valence-corrected chi connectivity index (χ4v) is 2.69. The zero-order valence-electron chi connectivity index (χ0n) is 11.9. The first kappa shape index (κ1) is 13.6. The second-order valence-electron chi connectivity index (χ2n) is 5.05. The van der Waals surface area contributed by atoms with Gasteiger partial charge < -0.3 is 10.3 Å². The van der Waals surface area contributed by atoms with E-state index >= 15 is 0 Å². The highest BCUT2D eigenvalue weighted by Crippen LogP contribution is 2.27. The highest BCUT2D eigenvalue weighted by Gasteiger charge is 2.18. The van der Waals surface area contributed by atoms with Gasteiger partial charge in [-0.25, -0.2) is 4.98 Å². The van der Waals surface area contributed by atoms with E-state index in [4.69, 9.17) is 5.73 Å². The number of benzene rings is 2. The normalized spacial score (nSPS) is 11.0. The molecule has 3 rings (SSSR count). The molecule has 0 saturated carbocycles. The van der Waals surface area contributed by atoms with Gasteiger partial charge in [-0.3, -0.25) is 0 Å². The van der Waals surface area contributed by atoms with Crippen molar-refractivity contribution in [3.8, 4) is 0 Å². The van der Waals surface area contributed by atoms with Gasteiger partial charge in [0.2, 0.25) is 0 Å². The molecule has 0 aliphatic rings. The molecule has 3 aromatic rings. The monoisotopic (exact) mass is 277 g/mol. The fourth-order valence-electron chi connectivity index (χ4n) is 2.69. The first-order valence-corrected chi connectivity index (χ1v) is 7.21. The SMILES string of the molecule is NCCc1cncn1C(c1ccccc1)c1ccccc1. The lowest BCUT2D eigenvalue weighted by atomic mass is 9.98. The molecule has 0 amide bonds. The molecule has 0 fully saturated rings. The van der Waals surface area contributed by atoms with Crippen LogP contribution in [0.4, 0.5) is 0 Å². The molecule has 0 aliphatic carbocycles. The Bertz CT molecular complexity index is 634. The molecule has 3 nitrogen and oxygen atoms in total. The van der Waals surface area contributed by atoms with Gasteiger partial charge in [-0.05, 0) is 17.7 Å². The average molecular weight is 277 g/mol. The van der Waals surface area contributed by atoms with Crippen LogP contribution in [0.5, 0.6) is 0 Å². The lowest BCUT2D eigenvalue weighted by molar-refractivity contribution is 0.640. The summed E-state index contributed by atoms with van der Waals surface area (Å²) in [6, 6.07) is 21.1. The van der Waals surface area contributed by atoms with Crippen LogP contribution in [0.1, 0.15) is 22.9 Å². The van der Waals surface area contributed by atoms with Gasteiger partial charge in [0.1, 0.15) is 0 Å². The number of hydrogen-bond acceptors (Lipinski definition) is 2. The van der Waals surface area contributed by atoms with E-state index in [1.165, 1.54) is 11.1 Å². The van der Waals surface area contributed by atoms with E-state index in [1.54, 1.807) is 0 Å². The van der Waals surface area contributed by atoms with Gasteiger partial charge >= 0.3 is 0 Å². The molecule has 2 aromatic carbocycles. The molecule has 0 atom stereocenters. The molecule has 1 aromatic heterocycles. The van der Waals surface area contributed by atoms with E-state index in [9.17, 15) is 0 Å². The summed E-state index contributed by atoms with van der Waals surface area (Å²) in [6.07, 6.45) is 4.64. The molecule has 1 heterocycles. The molecule has 0 aliphatic heterocycles. The molecular formula is C18H19N3. The van der Waals surface area contributed by atoms with Crippen LogP contribution in [0.2, 0.25) is 0 Å². The molecule has 0 radical (unpaired) electrons. The predicted octanol–water partition coefficient (Wildman–Crippen LogP) is 3.02. The Labute approximate surface area is 125 Å². The summed E-state index contributed by atoms with van der Waals surface area (Å²) in [5, 5.41) is 0. The molecule has 0 unspecified atom stereocenters. The van der Waals surface area contributed by atoms with Crippen molar-refractivity contribution in [1.82, 2.24) is 9.55 Å². The summed E-state index contributed by atoms with van der Waals surface area (Å²) < 4.78 is 2.22. The molecule has 106 valence electrons. The number of hydrogen-bond donors (Lipinski definition) is 1. The summed E-state index contributed by atoms with van der Waals surface area (Å²) in [4.78, 5) is 4.32. The van der Waals surface area contributed by atoms with Gasteiger partial charge in [0.05, 0.1) is 12.4 Å². The third-order valence-electron chi connectivity index (χ3n) is 3.66. The van der Waals surface area contributed by atoms with Crippen molar-refractivity contribution in [2.45, 2.75) is 12.5 Å². The largest absolute Gasteiger partial charge is 0.330 e. The minimum atomic E-state index is 0.136. The Hall–Kier alpha value is -2.39. The molecule has 21 heavy (non-hydrogen) atoms. The fraction of sp³-hybridized carbons (Fsp3) is 0.167.